The Hall–Kier alpha value is -2.61. The van der Waals surface area contributed by atoms with E-state index >= 15 is 0 Å². The maximum Gasteiger partial charge on any atom is 0.287 e. The van der Waals surface area contributed by atoms with E-state index in [4.69, 9.17) is 4.42 Å². The topological polar surface area (TPSA) is 86.0 Å². The molecule has 2 amide bonds. The van der Waals surface area contributed by atoms with Gasteiger partial charge in [0.1, 0.15) is 11.8 Å². The molecular weight excluding hydrogens is 378 g/mol. The molecule has 0 aliphatic carbocycles. The lowest BCUT2D eigenvalue weighted by Crippen LogP contribution is -2.55. The first-order chi connectivity index (χ1) is 13.6. The summed E-state index contributed by atoms with van der Waals surface area (Å²) in [4.78, 5) is 29.2. The lowest BCUT2D eigenvalue weighted by Gasteiger charge is -2.37. The van der Waals surface area contributed by atoms with Gasteiger partial charge in [-0.3, -0.25) is 9.59 Å². The molecule has 1 fully saturated rings. The van der Waals surface area contributed by atoms with Crippen molar-refractivity contribution in [1.82, 2.24) is 10.2 Å². The van der Waals surface area contributed by atoms with Crippen molar-refractivity contribution < 1.29 is 19.1 Å². The van der Waals surface area contributed by atoms with Crippen molar-refractivity contribution in [3.05, 3.63) is 48.4 Å². The lowest BCUT2D eigenvalue weighted by atomic mass is 10.1. The Labute approximate surface area is 168 Å². The van der Waals surface area contributed by atoms with E-state index in [9.17, 15) is 14.7 Å². The molecule has 28 heavy (non-hydrogen) atoms. The fourth-order valence-corrected chi connectivity index (χ4v) is 3.72. The van der Waals surface area contributed by atoms with Crippen molar-refractivity contribution in [1.29, 1.82) is 0 Å². The van der Waals surface area contributed by atoms with Crippen LogP contribution in [-0.2, 0) is 4.79 Å². The largest absolute Gasteiger partial charge is 0.506 e. The number of rotatable bonds is 7. The summed E-state index contributed by atoms with van der Waals surface area (Å²) in [6.07, 6.45) is 3.97. The second kappa shape index (κ2) is 9.54. The summed E-state index contributed by atoms with van der Waals surface area (Å²) in [5.74, 6) is 0.757. The third-order valence-electron chi connectivity index (χ3n) is 4.77. The van der Waals surface area contributed by atoms with Crippen LogP contribution >= 0.6 is 11.8 Å². The summed E-state index contributed by atoms with van der Waals surface area (Å²) in [7, 11) is 0. The number of nitrogens with one attached hydrogen (secondary N) is 1. The van der Waals surface area contributed by atoms with Crippen molar-refractivity contribution in [2.24, 2.45) is 0 Å². The number of para-hydroxylation sites is 2. The minimum absolute atomic E-state index is 0.0779. The summed E-state index contributed by atoms with van der Waals surface area (Å²) >= 11 is 1.64. The van der Waals surface area contributed by atoms with Gasteiger partial charge < -0.3 is 24.6 Å². The van der Waals surface area contributed by atoms with Gasteiger partial charge >= 0.3 is 0 Å². The molecule has 1 aromatic carbocycles. The Morgan fingerprint density at radius 1 is 1.18 bits per heavy atom. The number of aromatic hydroxyl groups is 1. The Morgan fingerprint density at radius 2 is 1.93 bits per heavy atom. The highest BCUT2D eigenvalue weighted by Crippen LogP contribution is 2.27. The van der Waals surface area contributed by atoms with Gasteiger partial charge in [-0.25, -0.2) is 0 Å². The quantitative estimate of drug-likeness (QED) is 0.737. The number of phenolic OH excluding ortho intramolecular Hbond substituents is 1. The van der Waals surface area contributed by atoms with E-state index in [0.717, 1.165) is 11.4 Å². The number of carbonyl (C=O) groups is 2. The molecule has 3 rings (SSSR count). The van der Waals surface area contributed by atoms with Crippen LogP contribution in [0.1, 0.15) is 17.0 Å². The average molecular weight is 404 g/mol. The van der Waals surface area contributed by atoms with Crippen LogP contribution in [0.25, 0.3) is 0 Å². The number of nitrogens with zero attached hydrogens (tertiary/aromatic N) is 2. The summed E-state index contributed by atoms with van der Waals surface area (Å²) in [5, 5.41) is 12.8. The molecule has 1 saturated heterocycles. The van der Waals surface area contributed by atoms with Crippen molar-refractivity contribution >= 4 is 29.3 Å². The highest BCUT2D eigenvalue weighted by Gasteiger charge is 2.29. The molecule has 8 heteroatoms. The summed E-state index contributed by atoms with van der Waals surface area (Å²) in [6.45, 7) is 2.34. The molecule has 0 radical (unpaired) electrons. The molecule has 1 aliphatic heterocycles. The maximum absolute atomic E-state index is 13.0. The first-order valence-electron chi connectivity index (χ1n) is 9.25. The number of thioether (sulfide) groups is 1. The van der Waals surface area contributed by atoms with Crippen LogP contribution in [0.15, 0.2) is 47.1 Å². The molecule has 150 valence electrons. The average Bonchev–Trinajstić information content (AvgIpc) is 3.26. The molecule has 0 spiro atoms. The van der Waals surface area contributed by atoms with E-state index in [0.29, 0.717) is 32.6 Å². The minimum atomic E-state index is -0.582. The number of benzene rings is 1. The number of phenols is 1. The van der Waals surface area contributed by atoms with E-state index in [1.165, 1.54) is 6.26 Å². The van der Waals surface area contributed by atoms with Gasteiger partial charge in [-0.1, -0.05) is 12.1 Å². The van der Waals surface area contributed by atoms with Gasteiger partial charge in [-0.05, 0) is 42.7 Å². The Kier molecular flexibility index (Phi) is 6.86. The van der Waals surface area contributed by atoms with Gasteiger partial charge in [0, 0.05) is 26.2 Å². The van der Waals surface area contributed by atoms with Gasteiger partial charge in [0.2, 0.25) is 5.91 Å². The zero-order chi connectivity index (χ0) is 19.9. The normalized spacial score (nSPS) is 15.3. The molecule has 0 saturated carbocycles. The molecule has 0 unspecified atom stereocenters. The zero-order valence-corrected chi connectivity index (χ0v) is 16.7. The van der Waals surface area contributed by atoms with Crippen LogP contribution in [0.2, 0.25) is 0 Å². The first-order valence-corrected chi connectivity index (χ1v) is 10.6. The third-order valence-corrected chi connectivity index (χ3v) is 5.42. The predicted octanol–water partition coefficient (Wildman–Crippen LogP) is 2.19. The highest BCUT2D eigenvalue weighted by molar-refractivity contribution is 7.98. The Balaban J connectivity index is 1.61. The maximum atomic E-state index is 13.0. The Morgan fingerprint density at radius 3 is 2.57 bits per heavy atom. The number of anilines is 1. The van der Waals surface area contributed by atoms with E-state index in [2.05, 4.69) is 10.2 Å². The molecule has 2 heterocycles. The standard InChI is InChI=1S/C20H25N3O4S/c1-28-14-8-15(21-19(25)18-7-4-13-27-18)20(26)23-11-9-22(10-12-23)16-5-2-3-6-17(16)24/h2-7,13,15,24H,8-12,14H2,1H3,(H,21,25)/t15-/m1/s1. The van der Waals surface area contributed by atoms with Gasteiger partial charge in [-0.2, -0.15) is 11.8 Å². The molecule has 1 aromatic heterocycles. The van der Waals surface area contributed by atoms with Gasteiger partial charge in [0.25, 0.3) is 5.91 Å². The first kappa shape index (κ1) is 20.1. The van der Waals surface area contributed by atoms with Crippen LogP contribution in [0, 0.1) is 0 Å². The fraction of sp³-hybridized carbons (Fsp3) is 0.400. The van der Waals surface area contributed by atoms with Crippen LogP contribution in [0.4, 0.5) is 5.69 Å². The van der Waals surface area contributed by atoms with Gasteiger partial charge in [0.05, 0.1) is 12.0 Å². The second-order valence-corrected chi connectivity index (χ2v) is 7.57. The van der Waals surface area contributed by atoms with Crippen molar-refractivity contribution in [3.8, 4) is 5.75 Å². The number of carbonyl (C=O) groups excluding carboxylic acids is 2. The molecule has 2 aromatic rings. The number of hydrogen-bond donors (Lipinski definition) is 2. The number of amides is 2. The molecule has 1 aliphatic rings. The predicted molar refractivity (Wildman–Crippen MR) is 110 cm³/mol. The summed E-state index contributed by atoms with van der Waals surface area (Å²) in [5.41, 5.74) is 0.777. The summed E-state index contributed by atoms with van der Waals surface area (Å²) < 4.78 is 5.13. The smallest absolute Gasteiger partial charge is 0.287 e. The number of hydrogen-bond acceptors (Lipinski definition) is 6. The van der Waals surface area contributed by atoms with Gasteiger partial charge in [-0.15, -0.1) is 0 Å². The Bertz CT molecular complexity index is 789. The molecule has 1 atom stereocenters. The zero-order valence-electron chi connectivity index (χ0n) is 15.8. The second-order valence-electron chi connectivity index (χ2n) is 6.59. The lowest BCUT2D eigenvalue weighted by molar-refractivity contribution is -0.133. The van der Waals surface area contributed by atoms with Crippen molar-refractivity contribution in [3.63, 3.8) is 0 Å². The van der Waals surface area contributed by atoms with Crippen molar-refractivity contribution in [2.45, 2.75) is 12.5 Å². The van der Waals surface area contributed by atoms with Crippen molar-refractivity contribution in [2.75, 3.05) is 43.1 Å². The van der Waals surface area contributed by atoms with E-state index in [1.807, 2.05) is 18.4 Å². The third kappa shape index (κ3) is 4.81. The SMILES string of the molecule is CSCC[C@@H](NC(=O)c1ccco1)C(=O)N1CCN(c2ccccc2O)CC1. The summed E-state index contributed by atoms with van der Waals surface area (Å²) in [6, 6.07) is 9.85. The van der Waals surface area contributed by atoms with E-state index in [-0.39, 0.29) is 23.3 Å². The molecule has 2 N–H and O–H groups in total. The number of furan rings is 1. The molecular formula is C20H25N3O4S. The van der Waals surface area contributed by atoms with Crippen LogP contribution in [0.5, 0.6) is 5.75 Å². The molecule has 0 bridgehead atoms. The van der Waals surface area contributed by atoms with E-state index < -0.39 is 6.04 Å². The fourth-order valence-electron chi connectivity index (χ4n) is 3.25. The van der Waals surface area contributed by atoms with Crippen LogP contribution in [-0.4, -0.2) is 66.1 Å². The van der Waals surface area contributed by atoms with Crippen LogP contribution in [0.3, 0.4) is 0 Å². The highest BCUT2D eigenvalue weighted by atomic mass is 32.2. The van der Waals surface area contributed by atoms with Gasteiger partial charge in [0.15, 0.2) is 5.76 Å². The minimum Gasteiger partial charge on any atom is -0.506 e. The monoisotopic (exact) mass is 403 g/mol. The van der Waals surface area contributed by atoms with E-state index in [1.54, 1.807) is 40.9 Å². The van der Waals surface area contributed by atoms with Crippen LogP contribution < -0.4 is 10.2 Å². The molecule has 7 nitrogen and oxygen atoms in total. The number of piperazine rings is 1.